The standard InChI is InChI=1S/C20H28N4O/c1-13(3-17-11-24(2)12-21-17)19-22-18(23-25-19)10-20-7-14-4-15(8-20)6-16(5-14)9-20/h11-16H,3-10H2,1-2H3/t13-,14?,15?,16?,20?/m0/s1. The lowest BCUT2D eigenvalue weighted by Crippen LogP contribution is -2.47. The normalized spacial score (nSPS) is 34.6. The molecule has 4 saturated carbocycles. The lowest BCUT2D eigenvalue weighted by Gasteiger charge is -2.56. The van der Waals surface area contributed by atoms with Gasteiger partial charge in [-0.1, -0.05) is 12.1 Å². The number of rotatable bonds is 5. The minimum atomic E-state index is 0.215. The zero-order valence-corrected chi connectivity index (χ0v) is 15.3. The van der Waals surface area contributed by atoms with Crippen LogP contribution in [0.1, 0.15) is 68.8 Å². The fraction of sp³-hybridized carbons (Fsp3) is 0.750. The molecule has 0 unspecified atom stereocenters. The molecule has 6 rings (SSSR count). The van der Waals surface area contributed by atoms with Crippen LogP contribution in [0.2, 0.25) is 0 Å². The molecule has 4 fully saturated rings. The molecule has 2 aromatic rings. The van der Waals surface area contributed by atoms with E-state index in [1.807, 2.05) is 17.9 Å². The zero-order valence-electron chi connectivity index (χ0n) is 15.3. The van der Waals surface area contributed by atoms with Gasteiger partial charge < -0.3 is 9.09 Å². The molecule has 0 amide bonds. The molecule has 5 nitrogen and oxygen atoms in total. The van der Waals surface area contributed by atoms with Crippen molar-refractivity contribution < 1.29 is 4.52 Å². The molecule has 5 heteroatoms. The Bertz CT molecular complexity index is 726. The Labute approximate surface area is 149 Å². The molecule has 0 aliphatic heterocycles. The molecule has 2 heterocycles. The van der Waals surface area contributed by atoms with Crippen LogP contribution in [-0.4, -0.2) is 19.7 Å². The van der Waals surface area contributed by atoms with Crippen LogP contribution in [0.3, 0.4) is 0 Å². The van der Waals surface area contributed by atoms with Crippen LogP contribution in [0, 0.1) is 23.2 Å². The molecule has 25 heavy (non-hydrogen) atoms. The fourth-order valence-electron chi connectivity index (χ4n) is 6.35. The second-order valence-corrected chi connectivity index (χ2v) is 9.28. The van der Waals surface area contributed by atoms with E-state index in [2.05, 4.69) is 23.3 Å². The monoisotopic (exact) mass is 340 g/mol. The summed E-state index contributed by atoms with van der Waals surface area (Å²) < 4.78 is 7.60. The topological polar surface area (TPSA) is 56.7 Å². The second kappa shape index (κ2) is 5.68. The van der Waals surface area contributed by atoms with E-state index in [-0.39, 0.29) is 5.92 Å². The SMILES string of the molecule is C[C@@H](Cc1cn(C)cn1)c1nc(CC23CC4CC(CC(C4)C2)C3)no1. The van der Waals surface area contributed by atoms with E-state index in [1.54, 1.807) is 0 Å². The van der Waals surface area contributed by atoms with Gasteiger partial charge in [0.1, 0.15) is 0 Å². The maximum absolute atomic E-state index is 5.62. The van der Waals surface area contributed by atoms with E-state index in [4.69, 9.17) is 9.51 Å². The van der Waals surface area contributed by atoms with Gasteiger partial charge >= 0.3 is 0 Å². The average molecular weight is 340 g/mol. The van der Waals surface area contributed by atoms with Crippen LogP contribution < -0.4 is 0 Å². The van der Waals surface area contributed by atoms with E-state index in [0.29, 0.717) is 5.41 Å². The molecule has 1 atom stereocenters. The number of aromatic nitrogens is 4. The summed E-state index contributed by atoms with van der Waals surface area (Å²) in [5.74, 6) is 4.84. The van der Waals surface area contributed by atoms with Crippen molar-refractivity contribution in [2.75, 3.05) is 0 Å². The van der Waals surface area contributed by atoms with Gasteiger partial charge in [-0.2, -0.15) is 4.98 Å². The van der Waals surface area contributed by atoms with Crippen LogP contribution in [0.15, 0.2) is 17.0 Å². The van der Waals surface area contributed by atoms with Gasteiger partial charge in [-0.05, 0) is 61.7 Å². The van der Waals surface area contributed by atoms with Crippen LogP contribution in [-0.2, 0) is 19.9 Å². The summed E-state index contributed by atoms with van der Waals surface area (Å²) in [6, 6.07) is 0. The zero-order chi connectivity index (χ0) is 17.0. The Morgan fingerprint density at radius 1 is 1.20 bits per heavy atom. The Balaban J connectivity index is 1.28. The Morgan fingerprint density at radius 3 is 2.48 bits per heavy atom. The highest BCUT2D eigenvalue weighted by molar-refractivity contribution is 5.07. The minimum Gasteiger partial charge on any atom is -0.340 e. The maximum atomic E-state index is 5.62. The predicted molar refractivity (Wildman–Crippen MR) is 93.9 cm³/mol. The van der Waals surface area contributed by atoms with Crippen molar-refractivity contribution >= 4 is 0 Å². The summed E-state index contributed by atoms with van der Waals surface area (Å²) in [5, 5.41) is 4.35. The van der Waals surface area contributed by atoms with Gasteiger partial charge in [-0.15, -0.1) is 0 Å². The van der Waals surface area contributed by atoms with Crippen LogP contribution in [0.25, 0.3) is 0 Å². The summed E-state index contributed by atoms with van der Waals surface area (Å²) in [5.41, 5.74) is 1.55. The number of hydrogen-bond acceptors (Lipinski definition) is 4. The number of nitrogens with zero attached hydrogens (tertiary/aromatic N) is 4. The molecule has 4 aliphatic rings. The molecule has 4 aliphatic carbocycles. The summed E-state index contributed by atoms with van der Waals surface area (Å²) >= 11 is 0. The van der Waals surface area contributed by atoms with E-state index in [9.17, 15) is 0 Å². The molecule has 0 saturated heterocycles. The van der Waals surface area contributed by atoms with E-state index < -0.39 is 0 Å². The highest BCUT2D eigenvalue weighted by Gasteiger charge is 2.51. The molecule has 0 N–H and O–H groups in total. The third-order valence-corrected chi connectivity index (χ3v) is 6.88. The Morgan fingerprint density at radius 2 is 1.88 bits per heavy atom. The maximum Gasteiger partial charge on any atom is 0.229 e. The first-order valence-electron chi connectivity index (χ1n) is 9.86. The minimum absolute atomic E-state index is 0.215. The van der Waals surface area contributed by atoms with Gasteiger partial charge in [0.2, 0.25) is 5.89 Å². The van der Waals surface area contributed by atoms with Crippen LogP contribution in [0.5, 0.6) is 0 Å². The first-order valence-corrected chi connectivity index (χ1v) is 9.86. The molecule has 0 spiro atoms. The highest BCUT2D eigenvalue weighted by atomic mass is 16.5. The quantitative estimate of drug-likeness (QED) is 0.828. The first-order chi connectivity index (χ1) is 12.1. The van der Waals surface area contributed by atoms with Gasteiger partial charge in [0.05, 0.1) is 12.0 Å². The lowest BCUT2D eigenvalue weighted by atomic mass is 9.49. The smallest absolute Gasteiger partial charge is 0.229 e. The lowest BCUT2D eigenvalue weighted by molar-refractivity contribution is -0.0533. The number of hydrogen-bond donors (Lipinski definition) is 0. The van der Waals surface area contributed by atoms with E-state index in [0.717, 1.165) is 48.0 Å². The Hall–Kier alpha value is -1.65. The number of aryl methyl sites for hydroxylation is 1. The predicted octanol–water partition coefficient (Wildman–Crippen LogP) is 3.91. The molecular formula is C20H28N4O. The van der Waals surface area contributed by atoms with Crippen LogP contribution in [0.4, 0.5) is 0 Å². The van der Waals surface area contributed by atoms with Gasteiger partial charge in [0.25, 0.3) is 0 Å². The van der Waals surface area contributed by atoms with Crippen LogP contribution >= 0.6 is 0 Å². The molecule has 0 radical (unpaired) electrons. The molecular weight excluding hydrogens is 312 g/mol. The fourth-order valence-corrected chi connectivity index (χ4v) is 6.35. The van der Waals surface area contributed by atoms with E-state index in [1.165, 1.54) is 38.5 Å². The molecule has 4 bridgehead atoms. The molecule has 2 aromatic heterocycles. The van der Waals surface area contributed by atoms with Gasteiger partial charge in [0, 0.05) is 32.0 Å². The van der Waals surface area contributed by atoms with Crippen molar-refractivity contribution in [2.24, 2.45) is 30.2 Å². The second-order valence-electron chi connectivity index (χ2n) is 9.28. The van der Waals surface area contributed by atoms with Gasteiger partial charge in [0.15, 0.2) is 5.82 Å². The van der Waals surface area contributed by atoms with Crippen molar-refractivity contribution in [3.63, 3.8) is 0 Å². The largest absolute Gasteiger partial charge is 0.340 e. The van der Waals surface area contributed by atoms with Gasteiger partial charge in [-0.25, -0.2) is 4.98 Å². The third-order valence-electron chi connectivity index (χ3n) is 6.88. The summed E-state index contributed by atoms with van der Waals surface area (Å²) in [6.07, 6.45) is 14.4. The summed E-state index contributed by atoms with van der Waals surface area (Å²) in [4.78, 5) is 9.19. The first kappa shape index (κ1) is 15.6. The highest BCUT2D eigenvalue weighted by Crippen LogP contribution is 2.60. The Kier molecular flexibility index (Phi) is 3.54. The van der Waals surface area contributed by atoms with Crippen molar-refractivity contribution in [2.45, 2.75) is 64.2 Å². The van der Waals surface area contributed by atoms with Crippen molar-refractivity contribution in [3.05, 3.63) is 29.9 Å². The van der Waals surface area contributed by atoms with E-state index >= 15 is 0 Å². The van der Waals surface area contributed by atoms with Crippen molar-refractivity contribution in [3.8, 4) is 0 Å². The van der Waals surface area contributed by atoms with Gasteiger partial charge in [-0.3, -0.25) is 0 Å². The summed E-state index contributed by atoms with van der Waals surface area (Å²) in [6.45, 7) is 2.15. The average Bonchev–Trinajstić information content (AvgIpc) is 3.14. The number of imidazole rings is 1. The molecule has 0 aromatic carbocycles. The van der Waals surface area contributed by atoms with Crippen molar-refractivity contribution in [1.29, 1.82) is 0 Å². The molecule has 134 valence electrons. The summed E-state index contributed by atoms with van der Waals surface area (Å²) in [7, 11) is 2.00. The van der Waals surface area contributed by atoms with Crippen molar-refractivity contribution in [1.82, 2.24) is 19.7 Å². The third kappa shape index (κ3) is 2.91.